The van der Waals surface area contributed by atoms with Gasteiger partial charge in [0.2, 0.25) is 11.9 Å². The number of rotatable bonds is 5. The van der Waals surface area contributed by atoms with Crippen molar-refractivity contribution < 1.29 is 4.79 Å². The molecule has 3 heterocycles. The van der Waals surface area contributed by atoms with Gasteiger partial charge in [0.1, 0.15) is 0 Å². The van der Waals surface area contributed by atoms with Gasteiger partial charge in [-0.1, -0.05) is 12.2 Å². The van der Waals surface area contributed by atoms with Crippen LogP contribution in [0.25, 0.3) is 11.1 Å². The van der Waals surface area contributed by atoms with Crippen LogP contribution in [-0.4, -0.2) is 45.9 Å². The van der Waals surface area contributed by atoms with E-state index in [0.717, 1.165) is 55.1 Å². The molecule has 1 atom stereocenters. The fourth-order valence-corrected chi connectivity index (χ4v) is 4.00. The molecule has 6 heteroatoms. The molecule has 0 radical (unpaired) electrons. The lowest BCUT2D eigenvalue weighted by Gasteiger charge is -2.25. The Labute approximate surface area is 166 Å². The van der Waals surface area contributed by atoms with Gasteiger partial charge in [0, 0.05) is 50.2 Å². The van der Waals surface area contributed by atoms with Crippen LogP contribution in [-0.2, 0) is 11.3 Å². The van der Waals surface area contributed by atoms with E-state index in [4.69, 9.17) is 4.98 Å². The zero-order valence-electron chi connectivity index (χ0n) is 16.4. The third-order valence-corrected chi connectivity index (χ3v) is 5.62. The van der Waals surface area contributed by atoms with Gasteiger partial charge in [-0.15, -0.1) is 0 Å². The summed E-state index contributed by atoms with van der Waals surface area (Å²) < 4.78 is 0. The standard InChI is InChI=1S/C22H27N5O/c1-26(21(28)18-7-3-2-4-8-18)16-20-19(17-9-11-23-12-10-17)15-24-22(25-20)27-13-5-6-14-27/h2-3,9-12,15,18H,4-8,13-14,16H2,1H3/t18-/m0/s1. The van der Waals surface area contributed by atoms with Crippen LogP contribution < -0.4 is 4.90 Å². The van der Waals surface area contributed by atoms with Gasteiger partial charge >= 0.3 is 0 Å². The molecule has 1 amide bonds. The molecule has 4 rings (SSSR count). The zero-order chi connectivity index (χ0) is 19.3. The molecule has 146 valence electrons. The molecule has 1 aliphatic heterocycles. The third kappa shape index (κ3) is 4.06. The predicted octanol–water partition coefficient (Wildman–Crippen LogP) is 3.45. The lowest BCUT2D eigenvalue weighted by molar-refractivity contribution is -0.135. The molecule has 1 aliphatic carbocycles. The quantitative estimate of drug-likeness (QED) is 0.747. The van der Waals surface area contributed by atoms with Crippen molar-refractivity contribution in [2.75, 3.05) is 25.0 Å². The van der Waals surface area contributed by atoms with Gasteiger partial charge in [-0.3, -0.25) is 9.78 Å². The molecule has 1 fully saturated rings. The molecule has 0 unspecified atom stereocenters. The van der Waals surface area contributed by atoms with Crippen molar-refractivity contribution in [1.29, 1.82) is 0 Å². The molecule has 1 saturated heterocycles. The van der Waals surface area contributed by atoms with E-state index >= 15 is 0 Å². The molecular formula is C22H27N5O. The number of hydrogen-bond donors (Lipinski definition) is 0. The summed E-state index contributed by atoms with van der Waals surface area (Å²) >= 11 is 0. The Balaban J connectivity index is 1.61. The highest BCUT2D eigenvalue weighted by molar-refractivity contribution is 5.79. The number of nitrogens with zero attached hydrogens (tertiary/aromatic N) is 5. The van der Waals surface area contributed by atoms with Crippen molar-refractivity contribution in [3.8, 4) is 11.1 Å². The fraction of sp³-hybridized carbons (Fsp3) is 0.455. The van der Waals surface area contributed by atoms with Crippen molar-refractivity contribution in [3.63, 3.8) is 0 Å². The van der Waals surface area contributed by atoms with Crippen molar-refractivity contribution in [1.82, 2.24) is 19.9 Å². The molecule has 0 saturated carbocycles. The maximum Gasteiger partial charge on any atom is 0.226 e. The van der Waals surface area contributed by atoms with Gasteiger partial charge in [0.25, 0.3) is 0 Å². The van der Waals surface area contributed by atoms with E-state index in [-0.39, 0.29) is 11.8 Å². The first-order valence-corrected chi connectivity index (χ1v) is 10.1. The summed E-state index contributed by atoms with van der Waals surface area (Å²) in [5.74, 6) is 1.05. The van der Waals surface area contributed by atoms with Gasteiger partial charge in [0.05, 0.1) is 12.2 Å². The van der Waals surface area contributed by atoms with Gasteiger partial charge < -0.3 is 9.80 Å². The predicted molar refractivity (Wildman–Crippen MR) is 110 cm³/mol. The number of carbonyl (C=O) groups is 1. The monoisotopic (exact) mass is 377 g/mol. The molecule has 2 aromatic rings. The number of amides is 1. The Morgan fingerprint density at radius 1 is 1.21 bits per heavy atom. The van der Waals surface area contributed by atoms with Gasteiger partial charge in [-0.2, -0.15) is 0 Å². The zero-order valence-corrected chi connectivity index (χ0v) is 16.4. The molecule has 2 aromatic heterocycles. The van der Waals surface area contributed by atoms with Crippen molar-refractivity contribution in [2.45, 2.75) is 38.6 Å². The Morgan fingerprint density at radius 3 is 2.71 bits per heavy atom. The largest absolute Gasteiger partial charge is 0.341 e. The minimum atomic E-state index is 0.0827. The normalized spacial score (nSPS) is 19.0. The molecule has 28 heavy (non-hydrogen) atoms. The minimum absolute atomic E-state index is 0.0827. The summed E-state index contributed by atoms with van der Waals surface area (Å²) in [6.45, 7) is 2.48. The van der Waals surface area contributed by atoms with E-state index in [2.05, 4.69) is 27.0 Å². The first-order chi connectivity index (χ1) is 13.7. The van der Waals surface area contributed by atoms with Crippen molar-refractivity contribution >= 4 is 11.9 Å². The average molecular weight is 377 g/mol. The first-order valence-electron chi connectivity index (χ1n) is 10.1. The fourth-order valence-electron chi connectivity index (χ4n) is 4.00. The number of allylic oxidation sites excluding steroid dienone is 2. The van der Waals surface area contributed by atoms with Gasteiger partial charge in [-0.25, -0.2) is 9.97 Å². The van der Waals surface area contributed by atoms with E-state index in [1.165, 1.54) is 12.8 Å². The van der Waals surface area contributed by atoms with Crippen molar-refractivity contribution in [2.24, 2.45) is 5.92 Å². The highest BCUT2D eigenvalue weighted by atomic mass is 16.2. The van der Waals surface area contributed by atoms with Crippen LogP contribution in [0.1, 0.15) is 37.8 Å². The third-order valence-electron chi connectivity index (χ3n) is 5.62. The summed E-state index contributed by atoms with van der Waals surface area (Å²) in [4.78, 5) is 30.6. The minimum Gasteiger partial charge on any atom is -0.341 e. The lowest BCUT2D eigenvalue weighted by Crippen LogP contribution is -2.33. The SMILES string of the molecule is CN(Cc1nc(N2CCCC2)ncc1-c1ccncc1)C(=O)[C@H]1CC=CCC1. The van der Waals surface area contributed by atoms with Crippen LogP contribution in [0.3, 0.4) is 0 Å². The van der Waals surface area contributed by atoms with Crippen LogP contribution in [0.4, 0.5) is 5.95 Å². The Kier molecular flexibility index (Phi) is 5.65. The number of anilines is 1. The summed E-state index contributed by atoms with van der Waals surface area (Å²) in [5, 5.41) is 0. The molecule has 0 bridgehead atoms. The Hall–Kier alpha value is -2.76. The van der Waals surface area contributed by atoms with E-state index in [1.54, 1.807) is 12.4 Å². The van der Waals surface area contributed by atoms with E-state index in [1.807, 2.05) is 30.3 Å². The number of aromatic nitrogens is 3. The summed E-state index contributed by atoms with van der Waals surface area (Å²) in [7, 11) is 1.88. The van der Waals surface area contributed by atoms with Crippen LogP contribution in [0.5, 0.6) is 0 Å². The topological polar surface area (TPSA) is 62.2 Å². The number of hydrogen-bond acceptors (Lipinski definition) is 5. The number of pyridine rings is 1. The van der Waals surface area contributed by atoms with E-state index in [9.17, 15) is 4.79 Å². The molecule has 0 aromatic carbocycles. The van der Waals surface area contributed by atoms with Gasteiger partial charge in [0.15, 0.2) is 0 Å². The second-order valence-electron chi connectivity index (χ2n) is 7.64. The smallest absolute Gasteiger partial charge is 0.226 e. The maximum absolute atomic E-state index is 12.9. The van der Waals surface area contributed by atoms with Crippen LogP contribution in [0.2, 0.25) is 0 Å². The highest BCUT2D eigenvalue weighted by Gasteiger charge is 2.24. The molecule has 2 aliphatic rings. The van der Waals surface area contributed by atoms with Crippen molar-refractivity contribution in [3.05, 3.63) is 48.6 Å². The van der Waals surface area contributed by atoms with E-state index < -0.39 is 0 Å². The second-order valence-corrected chi connectivity index (χ2v) is 7.64. The van der Waals surface area contributed by atoms with Crippen LogP contribution >= 0.6 is 0 Å². The Bertz CT molecular complexity index is 845. The maximum atomic E-state index is 12.9. The Morgan fingerprint density at radius 2 is 2.00 bits per heavy atom. The molecular weight excluding hydrogens is 350 g/mol. The summed E-state index contributed by atoms with van der Waals surface area (Å²) in [6, 6.07) is 3.93. The van der Waals surface area contributed by atoms with Crippen LogP contribution in [0, 0.1) is 5.92 Å². The first kappa shape index (κ1) is 18.6. The molecule has 0 spiro atoms. The highest BCUT2D eigenvalue weighted by Crippen LogP contribution is 2.27. The number of carbonyl (C=O) groups excluding carboxylic acids is 1. The summed E-state index contributed by atoms with van der Waals surface area (Å²) in [5.41, 5.74) is 2.89. The second kappa shape index (κ2) is 8.50. The van der Waals surface area contributed by atoms with Crippen LogP contribution in [0.15, 0.2) is 42.9 Å². The lowest BCUT2D eigenvalue weighted by atomic mass is 9.93. The van der Waals surface area contributed by atoms with E-state index in [0.29, 0.717) is 6.54 Å². The van der Waals surface area contributed by atoms with Gasteiger partial charge in [-0.05, 0) is 49.8 Å². The average Bonchev–Trinajstić information content (AvgIpc) is 3.29. The summed E-state index contributed by atoms with van der Waals surface area (Å²) in [6.07, 6.45) is 14.8. The molecule has 0 N–H and O–H groups in total. The molecule has 6 nitrogen and oxygen atoms in total.